The molecule has 14 heteroatoms. The van der Waals surface area contributed by atoms with E-state index in [-0.39, 0.29) is 12.8 Å². The highest BCUT2D eigenvalue weighted by molar-refractivity contribution is 6.31. The Hall–Kier alpha value is -3.10. The van der Waals surface area contributed by atoms with Crippen LogP contribution in [-0.2, 0) is 28.8 Å². The molecule has 0 bridgehead atoms. The maximum atomic E-state index is 10.1. The van der Waals surface area contributed by atoms with Gasteiger partial charge in [0.1, 0.15) is 18.1 Å². The molecule has 0 radical (unpaired) electrons. The Morgan fingerprint density at radius 1 is 0.655 bits per heavy atom. The number of aliphatic carboxylic acids is 5. The summed E-state index contributed by atoms with van der Waals surface area (Å²) in [6.45, 7) is 0.763. The second kappa shape index (κ2) is 18.3. The first-order valence-electron chi connectivity index (χ1n) is 8.27. The normalized spacial score (nSPS) is 11.4. The van der Waals surface area contributed by atoms with Crippen LogP contribution in [0.3, 0.4) is 0 Å². The number of carbonyl (C=O) groups is 6. The molecule has 1 unspecified atom stereocenters. The third kappa shape index (κ3) is 24.9. The number of quaternary nitrogens is 3. The van der Waals surface area contributed by atoms with Crippen LogP contribution >= 0.6 is 0 Å². The summed E-state index contributed by atoms with van der Waals surface area (Å²) in [6.07, 6.45) is -0.0850. The molecule has 0 heterocycles. The molecule has 14 nitrogen and oxygen atoms in total. The monoisotopic (exact) mass is 423 g/mol. The summed E-state index contributed by atoms with van der Waals surface area (Å²) in [4.78, 5) is 59.1. The summed E-state index contributed by atoms with van der Waals surface area (Å²) in [5.41, 5.74) is 10.1. The van der Waals surface area contributed by atoms with E-state index in [1.807, 2.05) is 0 Å². The SMILES string of the molecule is O=C([O-])CCC(=O)C(=O)[O-].[NH3+]C(CCC(=O)[O-])C(=O)[O-].[NH3+]CCC[C@H]([NH3+])C(=O)[O-]. The highest BCUT2D eigenvalue weighted by atomic mass is 16.4. The quantitative estimate of drug-likeness (QED) is 0.247. The summed E-state index contributed by atoms with van der Waals surface area (Å²) in [6, 6.07) is -1.52. The highest BCUT2D eigenvalue weighted by Gasteiger charge is 2.06. The van der Waals surface area contributed by atoms with E-state index in [1.165, 1.54) is 0 Å². The van der Waals surface area contributed by atoms with Gasteiger partial charge in [-0.2, -0.15) is 0 Å². The molecule has 0 fully saturated rings. The number of rotatable bonds is 12. The van der Waals surface area contributed by atoms with Crippen molar-refractivity contribution in [3.8, 4) is 0 Å². The Kier molecular flexibility index (Phi) is 19.3. The third-order valence-electron chi connectivity index (χ3n) is 2.95. The van der Waals surface area contributed by atoms with Crippen molar-refractivity contribution in [2.24, 2.45) is 0 Å². The van der Waals surface area contributed by atoms with E-state index in [0.29, 0.717) is 6.42 Å². The standard InChI is InChI=1S/C5H12N2O2.C5H9NO4.C5H6O5/c6-3-1-2-4(7)5(8)9;2*6-3(5(9)10)1-2-4(7)8/h4H,1-3,6-7H2,(H,8,9);3H,1-2,6H2,(H,7,8)(H,9,10);1-2H2,(H,7,8)(H,9,10)/p-2/t4-;;/m0../s1. The van der Waals surface area contributed by atoms with Crippen LogP contribution < -0.4 is 42.7 Å². The smallest absolute Gasteiger partial charge is 0.178 e. The van der Waals surface area contributed by atoms with Crippen molar-refractivity contribution in [1.29, 1.82) is 0 Å². The number of carbonyl (C=O) groups excluding carboxylic acids is 6. The molecular weight excluding hydrogens is 398 g/mol. The van der Waals surface area contributed by atoms with Gasteiger partial charge in [-0.25, -0.2) is 0 Å². The molecule has 0 aromatic heterocycles. The van der Waals surface area contributed by atoms with Gasteiger partial charge < -0.3 is 66.7 Å². The van der Waals surface area contributed by atoms with Gasteiger partial charge in [0.15, 0.2) is 5.78 Å². The molecule has 0 aliphatic heterocycles. The fourth-order valence-electron chi connectivity index (χ4n) is 1.24. The van der Waals surface area contributed by atoms with Crippen molar-refractivity contribution in [3.63, 3.8) is 0 Å². The molecular formula is C15H25N3O11-2. The minimum atomic E-state index is -1.86. The van der Waals surface area contributed by atoms with Gasteiger partial charge in [0.25, 0.3) is 0 Å². The van der Waals surface area contributed by atoms with Crippen LogP contribution in [0.1, 0.15) is 38.5 Å². The van der Waals surface area contributed by atoms with E-state index >= 15 is 0 Å². The number of hydrogen-bond acceptors (Lipinski definition) is 11. The Morgan fingerprint density at radius 3 is 1.38 bits per heavy atom. The topological polar surface area (TPSA) is 301 Å². The van der Waals surface area contributed by atoms with E-state index in [0.717, 1.165) is 13.0 Å². The van der Waals surface area contributed by atoms with Gasteiger partial charge >= 0.3 is 0 Å². The zero-order valence-corrected chi connectivity index (χ0v) is 15.7. The summed E-state index contributed by atoms with van der Waals surface area (Å²) < 4.78 is 0. The van der Waals surface area contributed by atoms with E-state index in [4.69, 9.17) is 0 Å². The molecule has 0 saturated heterocycles. The second-order valence-electron chi connectivity index (χ2n) is 5.52. The van der Waals surface area contributed by atoms with Gasteiger partial charge in [-0.3, -0.25) is 4.79 Å². The largest absolute Gasteiger partial charge is 0.550 e. The number of carboxylic acids is 5. The van der Waals surface area contributed by atoms with E-state index in [2.05, 4.69) is 17.2 Å². The zero-order valence-electron chi connectivity index (χ0n) is 15.7. The van der Waals surface area contributed by atoms with Crippen LogP contribution in [0.2, 0.25) is 0 Å². The zero-order chi connectivity index (χ0) is 23.6. The molecule has 9 N–H and O–H groups in total. The van der Waals surface area contributed by atoms with Crippen molar-refractivity contribution in [3.05, 3.63) is 0 Å². The number of hydrogen-bond donors (Lipinski definition) is 3. The summed E-state index contributed by atoms with van der Waals surface area (Å²) in [5.74, 6) is -8.19. The van der Waals surface area contributed by atoms with Crippen LogP contribution in [0.15, 0.2) is 0 Å². The molecule has 0 spiro atoms. The average molecular weight is 423 g/mol. The molecule has 0 aromatic rings. The lowest BCUT2D eigenvalue weighted by Gasteiger charge is -2.08. The Bertz CT molecular complexity index is 566. The Balaban J connectivity index is -0.000000350. The number of Topliss-reactive ketones (excluding diaryl/α,β-unsaturated/α-hetero) is 1. The number of ketones is 1. The van der Waals surface area contributed by atoms with Gasteiger partial charge in [-0.15, -0.1) is 0 Å². The van der Waals surface area contributed by atoms with E-state index in [1.54, 1.807) is 0 Å². The summed E-state index contributed by atoms with van der Waals surface area (Å²) in [5, 5.41) is 49.0. The second-order valence-corrected chi connectivity index (χ2v) is 5.52. The molecule has 0 saturated carbocycles. The van der Waals surface area contributed by atoms with Gasteiger partial charge in [0.2, 0.25) is 0 Å². The lowest BCUT2D eigenvalue weighted by molar-refractivity contribution is -0.441. The van der Waals surface area contributed by atoms with E-state index in [9.17, 15) is 54.3 Å². The van der Waals surface area contributed by atoms with Crippen LogP contribution in [0, 0.1) is 0 Å². The van der Waals surface area contributed by atoms with Gasteiger partial charge in [0.05, 0.1) is 18.5 Å². The first-order chi connectivity index (χ1) is 13.3. The van der Waals surface area contributed by atoms with Crippen LogP contribution in [0.5, 0.6) is 0 Å². The molecule has 0 aromatic carbocycles. The van der Waals surface area contributed by atoms with Crippen molar-refractivity contribution < 1.29 is 71.5 Å². The van der Waals surface area contributed by atoms with Gasteiger partial charge in [-0.05, 0) is 12.8 Å². The summed E-state index contributed by atoms with van der Waals surface area (Å²) >= 11 is 0. The molecule has 0 aliphatic rings. The van der Waals surface area contributed by atoms with Crippen molar-refractivity contribution >= 4 is 35.6 Å². The predicted octanol–water partition coefficient (Wildman–Crippen LogP) is -10.9. The van der Waals surface area contributed by atoms with Gasteiger partial charge in [0, 0.05) is 37.6 Å². The molecule has 29 heavy (non-hydrogen) atoms. The fraction of sp³-hybridized carbons (Fsp3) is 0.600. The average Bonchev–Trinajstić information content (AvgIpc) is 2.62. The molecule has 0 rings (SSSR count). The Morgan fingerprint density at radius 2 is 1.07 bits per heavy atom. The minimum absolute atomic E-state index is 0.0370. The lowest BCUT2D eigenvalue weighted by atomic mass is 10.2. The van der Waals surface area contributed by atoms with Crippen molar-refractivity contribution in [2.75, 3.05) is 6.54 Å². The number of carboxylic acid groups (broad SMARTS) is 5. The first kappa shape index (κ1) is 30.6. The first-order valence-corrected chi connectivity index (χ1v) is 8.27. The van der Waals surface area contributed by atoms with Crippen LogP contribution in [0.4, 0.5) is 0 Å². The van der Waals surface area contributed by atoms with Crippen LogP contribution in [-0.4, -0.2) is 54.3 Å². The van der Waals surface area contributed by atoms with Crippen molar-refractivity contribution in [1.82, 2.24) is 0 Å². The molecule has 168 valence electrons. The molecule has 0 aliphatic carbocycles. The van der Waals surface area contributed by atoms with E-state index < -0.39 is 60.6 Å². The maximum Gasteiger partial charge on any atom is 0.178 e. The maximum absolute atomic E-state index is 10.1. The molecule has 2 atom stereocenters. The highest BCUT2D eigenvalue weighted by Crippen LogP contribution is 1.89. The lowest BCUT2D eigenvalue weighted by Crippen LogP contribution is -2.68. The third-order valence-corrected chi connectivity index (χ3v) is 2.95. The Labute approximate surface area is 165 Å². The van der Waals surface area contributed by atoms with Crippen molar-refractivity contribution in [2.45, 2.75) is 50.6 Å². The predicted molar refractivity (Wildman–Crippen MR) is 78.9 cm³/mol. The van der Waals surface area contributed by atoms with Gasteiger partial charge in [-0.1, -0.05) is 0 Å². The minimum Gasteiger partial charge on any atom is -0.550 e. The fourth-order valence-corrected chi connectivity index (χ4v) is 1.24. The molecule has 0 amide bonds. The van der Waals surface area contributed by atoms with Crippen LogP contribution in [0.25, 0.3) is 0 Å². The summed E-state index contributed by atoms with van der Waals surface area (Å²) in [7, 11) is 0.